The van der Waals surface area contributed by atoms with Gasteiger partial charge in [0.05, 0.1) is 21.1 Å². The summed E-state index contributed by atoms with van der Waals surface area (Å²) in [5, 5.41) is 2.94. The molecule has 1 amide bonds. The number of halogens is 1. The summed E-state index contributed by atoms with van der Waals surface area (Å²) < 4.78 is 0.732. The normalized spacial score (nSPS) is 12.6. The number of hydrogen-bond acceptors (Lipinski definition) is 1. The van der Waals surface area contributed by atoms with Crippen LogP contribution >= 0.6 is 0 Å². The molecule has 0 radical (unpaired) electrons. The van der Waals surface area contributed by atoms with Crippen LogP contribution in [0.4, 0.5) is 0 Å². The summed E-state index contributed by atoms with van der Waals surface area (Å²) in [4.78, 5) is 11.3. The summed E-state index contributed by atoms with van der Waals surface area (Å²) in [5.74, 6) is -0.0556. The predicted octanol–water partition coefficient (Wildman–Crippen LogP) is -1.87. The van der Waals surface area contributed by atoms with E-state index in [-0.39, 0.29) is 29.1 Å². The van der Waals surface area contributed by atoms with E-state index in [1.807, 2.05) is 0 Å². The Labute approximate surface area is 97.5 Å². The summed E-state index contributed by atoms with van der Waals surface area (Å²) in [6.45, 7) is 7.39. The van der Waals surface area contributed by atoms with Crippen molar-refractivity contribution in [2.45, 2.75) is 26.4 Å². The molecule has 3 nitrogen and oxygen atoms in total. The highest BCUT2D eigenvalue weighted by molar-refractivity contribution is 5.92. The van der Waals surface area contributed by atoms with Gasteiger partial charge in [0.1, 0.15) is 0 Å². The van der Waals surface area contributed by atoms with Gasteiger partial charge in [0.25, 0.3) is 5.91 Å². The van der Waals surface area contributed by atoms with Gasteiger partial charge >= 0.3 is 0 Å². The van der Waals surface area contributed by atoms with Crippen LogP contribution in [0, 0.1) is 0 Å². The zero-order valence-electron chi connectivity index (χ0n) is 9.72. The van der Waals surface area contributed by atoms with E-state index in [0.717, 1.165) is 10.9 Å². The minimum Gasteiger partial charge on any atom is -1.00 e. The molecule has 0 rings (SSSR count). The van der Waals surface area contributed by atoms with Crippen LogP contribution in [0.1, 0.15) is 20.3 Å². The molecule has 1 atom stereocenters. The van der Waals surface area contributed by atoms with Gasteiger partial charge in [-0.25, -0.2) is 0 Å². The number of quaternary nitrogens is 1. The van der Waals surface area contributed by atoms with E-state index < -0.39 is 0 Å². The van der Waals surface area contributed by atoms with E-state index in [0.29, 0.717) is 5.57 Å². The first-order valence-electron chi connectivity index (χ1n) is 4.56. The standard InChI is InChI=1S/C10H20N2O.BrH/c1-7-9(12(4,5)6)11-10(13)8(2)3;/h9H,2,7H2,1,3-6H3;1H. The Hall–Kier alpha value is -0.350. The molecule has 0 aromatic heterocycles. The first kappa shape index (κ1) is 16.1. The number of carbonyl (C=O) groups is 1. The van der Waals surface area contributed by atoms with Crippen LogP contribution in [-0.2, 0) is 4.79 Å². The number of amides is 1. The smallest absolute Gasteiger partial charge is 0.250 e. The van der Waals surface area contributed by atoms with Crippen molar-refractivity contribution in [2.24, 2.45) is 0 Å². The molecule has 0 aromatic rings. The fourth-order valence-electron chi connectivity index (χ4n) is 1.12. The monoisotopic (exact) mass is 264 g/mol. The van der Waals surface area contributed by atoms with E-state index in [1.165, 1.54) is 0 Å². The Morgan fingerprint density at radius 1 is 1.43 bits per heavy atom. The molecule has 84 valence electrons. The average molecular weight is 265 g/mol. The maximum Gasteiger partial charge on any atom is 0.250 e. The maximum absolute atomic E-state index is 11.3. The van der Waals surface area contributed by atoms with Gasteiger partial charge in [0, 0.05) is 12.0 Å². The van der Waals surface area contributed by atoms with E-state index in [2.05, 4.69) is 40.0 Å². The third-order valence-electron chi connectivity index (χ3n) is 2.01. The van der Waals surface area contributed by atoms with Gasteiger partial charge in [-0.15, -0.1) is 0 Å². The molecular formula is C10H21BrN2O. The molecule has 0 saturated carbocycles. The SMILES string of the molecule is C=C(C)C(=O)NC(CC)[N+](C)(C)C.[Br-]. The summed E-state index contributed by atoms with van der Waals surface area (Å²) in [6.07, 6.45) is 1.08. The van der Waals surface area contributed by atoms with Crippen LogP contribution in [0.25, 0.3) is 0 Å². The fourth-order valence-corrected chi connectivity index (χ4v) is 1.12. The highest BCUT2D eigenvalue weighted by Crippen LogP contribution is 2.04. The van der Waals surface area contributed by atoms with Crippen molar-refractivity contribution >= 4 is 5.91 Å². The quantitative estimate of drug-likeness (QED) is 0.360. The highest BCUT2D eigenvalue weighted by atomic mass is 79.9. The lowest BCUT2D eigenvalue weighted by molar-refractivity contribution is -0.898. The first-order chi connectivity index (χ1) is 5.79. The van der Waals surface area contributed by atoms with Crippen LogP contribution in [-0.4, -0.2) is 37.7 Å². The van der Waals surface area contributed by atoms with Gasteiger partial charge in [-0.2, -0.15) is 0 Å². The lowest BCUT2D eigenvalue weighted by atomic mass is 10.2. The largest absolute Gasteiger partial charge is 1.00 e. The summed E-state index contributed by atoms with van der Waals surface area (Å²) in [6, 6.07) is 0. The summed E-state index contributed by atoms with van der Waals surface area (Å²) in [7, 11) is 6.19. The Morgan fingerprint density at radius 3 is 2.07 bits per heavy atom. The first-order valence-corrected chi connectivity index (χ1v) is 4.56. The number of rotatable bonds is 4. The van der Waals surface area contributed by atoms with Gasteiger partial charge in [-0.3, -0.25) is 4.79 Å². The van der Waals surface area contributed by atoms with E-state index >= 15 is 0 Å². The molecule has 0 bridgehead atoms. The molecule has 1 unspecified atom stereocenters. The van der Waals surface area contributed by atoms with Crippen molar-refractivity contribution in [1.82, 2.24) is 5.32 Å². The molecule has 0 heterocycles. The maximum atomic E-state index is 11.3. The second-order valence-corrected chi connectivity index (χ2v) is 4.29. The fraction of sp³-hybridized carbons (Fsp3) is 0.700. The summed E-state index contributed by atoms with van der Waals surface area (Å²) in [5.41, 5.74) is 0.562. The Bertz CT molecular complexity index is 209. The zero-order valence-corrected chi connectivity index (χ0v) is 11.3. The number of hydrogen-bond donors (Lipinski definition) is 1. The molecule has 0 aromatic carbocycles. The van der Waals surface area contributed by atoms with Gasteiger partial charge in [-0.1, -0.05) is 13.5 Å². The van der Waals surface area contributed by atoms with Gasteiger partial charge in [0.15, 0.2) is 6.17 Å². The highest BCUT2D eigenvalue weighted by Gasteiger charge is 2.23. The van der Waals surface area contributed by atoms with Crippen LogP contribution in [0.5, 0.6) is 0 Å². The van der Waals surface area contributed by atoms with Crippen LogP contribution in [0.15, 0.2) is 12.2 Å². The topological polar surface area (TPSA) is 29.1 Å². The lowest BCUT2D eigenvalue weighted by Crippen LogP contribution is -3.00. The minimum atomic E-state index is -0.0556. The van der Waals surface area contributed by atoms with Crippen molar-refractivity contribution in [2.75, 3.05) is 21.1 Å². The van der Waals surface area contributed by atoms with Crippen molar-refractivity contribution in [1.29, 1.82) is 0 Å². The van der Waals surface area contributed by atoms with E-state index in [1.54, 1.807) is 6.92 Å². The molecule has 0 aliphatic heterocycles. The molecule has 14 heavy (non-hydrogen) atoms. The van der Waals surface area contributed by atoms with Crippen molar-refractivity contribution < 1.29 is 26.3 Å². The van der Waals surface area contributed by atoms with E-state index in [9.17, 15) is 4.79 Å². The molecule has 0 saturated heterocycles. The van der Waals surface area contributed by atoms with E-state index in [4.69, 9.17) is 0 Å². The van der Waals surface area contributed by atoms with Gasteiger partial charge in [0.2, 0.25) is 0 Å². The van der Waals surface area contributed by atoms with Crippen LogP contribution in [0.3, 0.4) is 0 Å². The number of nitrogens with one attached hydrogen (secondary N) is 1. The molecule has 1 N–H and O–H groups in total. The number of nitrogens with zero attached hydrogens (tertiary/aromatic N) is 1. The Kier molecular flexibility index (Phi) is 7.12. The third kappa shape index (κ3) is 5.40. The number of carbonyl (C=O) groups excluding carboxylic acids is 1. The van der Waals surface area contributed by atoms with Crippen LogP contribution < -0.4 is 22.3 Å². The summed E-state index contributed by atoms with van der Waals surface area (Å²) >= 11 is 0. The Balaban J connectivity index is 0. The molecule has 4 heteroatoms. The molecule has 0 fully saturated rings. The van der Waals surface area contributed by atoms with Gasteiger partial charge in [-0.05, 0) is 6.92 Å². The molecular weight excluding hydrogens is 244 g/mol. The molecule has 0 spiro atoms. The average Bonchev–Trinajstić information content (AvgIpc) is 1.96. The van der Waals surface area contributed by atoms with Crippen LogP contribution in [0.2, 0.25) is 0 Å². The predicted molar refractivity (Wildman–Crippen MR) is 55.1 cm³/mol. The van der Waals surface area contributed by atoms with Crippen molar-refractivity contribution in [3.63, 3.8) is 0 Å². The van der Waals surface area contributed by atoms with Gasteiger partial charge < -0.3 is 26.8 Å². The molecule has 0 aliphatic rings. The lowest BCUT2D eigenvalue weighted by Gasteiger charge is -2.33. The third-order valence-corrected chi connectivity index (χ3v) is 2.01. The second kappa shape index (κ2) is 6.19. The second-order valence-electron chi connectivity index (χ2n) is 4.29. The molecule has 0 aliphatic carbocycles. The zero-order chi connectivity index (χ0) is 10.6. The van der Waals surface area contributed by atoms with Crippen molar-refractivity contribution in [3.8, 4) is 0 Å². The Morgan fingerprint density at radius 2 is 1.86 bits per heavy atom. The van der Waals surface area contributed by atoms with Crippen molar-refractivity contribution in [3.05, 3.63) is 12.2 Å². The minimum absolute atomic E-state index is 0.